The monoisotopic (exact) mass is 155 g/mol. The van der Waals surface area contributed by atoms with Crippen molar-refractivity contribution in [1.29, 1.82) is 0 Å². The van der Waals surface area contributed by atoms with E-state index in [2.05, 4.69) is 13.2 Å². The maximum absolute atomic E-state index is 12.7. The van der Waals surface area contributed by atoms with Crippen LogP contribution in [0.1, 0.15) is 6.92 Å². The molecular weight excluding hydrogens is 145 g/mol. The molecule has 3 heteroatoms. The fraction of sp³-hybridized carbons (Fsp3) is 0.125. The molecule has 2 nitrogen and oxygen atoms in total. The summed E-state index contributed by atoms with van der Waals surface area (Å²) < 4.78 is 12.7. The number of carbonyl (C=O) groups excluding carboxylic acids is 1. The van der Waals surface area contributed by atoms with Crippen LogP contribution in [0.5, 0.6) is 0 Å². The van der Waals surface area contributed by atoms with E-state index < -0.39 is 11.7 Å². The van der Waals surface area contributed by atoms with Crippen LogP contribution in [0.15, 0.2) is 36.2 Å². The molecule has 0 aliphatic carbocycles. The van der Waals surface area contributed by atoms with Gasteiger partial charge in [-0.15, -0.1) is 0 Å². The summed E-state index contributed by atoms with van der Waals surface area (Å²) in [5.74, 6) is -1.56. The number of primary amides is 1. The molecule has 0 fully saturated rings. The molecule has 0 atom stereocenters. The van der Waals surface area contributed by atoms with Crippen LogP contribution in [-0.2, 0) is 4.79 Å². The Morgan fingerprint density at radius 2 is 2.09 bits per heavy atom. The molecule has 0 aliphatic heterocycles. The zero-order valence-corrected chi connectivity index (χ0v) is 6.36. The number of hydrogen-bond acceptors (Lipinski definition) is 1. The topological polar surface area (TPSA) is 43.1 Å². The zero-order valence-electron chi connectivity index (χ0n) is 6.36. The van der Waals surface area contributed by atoms with E-state index in [4.69, 9.17) is 5.73 Å². The van der Waals surface area contributed by atoms with Crippen molar-refractivity contribution in [1.82, 2.24) is 0 Å². The first-order chi connectivity index (χ1) is 5.00. The SMILES string of the molecule is C=C/C(F)=C(\C(=C)C)C(N)=O. The highest BCUT2D eigenvalue weighted by Crippen LogP contribution is 2.13. The van der Waals surface area contributed by atoms with Crippen LogP contribution < -0.4 is 5.73 Å². The fourth-order valence-corrected chi connectivity index (χ4v) is 0.634. The number of carbonyl (C=O) groups is 1. The molecule has 0 rings (SSSR count). The second-order valence-corrected chi connectivity index (χ2v) is 2.07. The van der Waals surface area contributed by atoms with Crippen molar-refractivity contribution in [2.24, 2.45) is 5.73 Å². The van der Waals surface area contributed by atoms with Gasteiger partial charge in [0.1, 0.15) is 5.83 Å². The van der Waals surface area contributed by atoms with Gasteiger partial charge in [0.05, 0.1) is 5.57 Å². The number of hydrogen-bond donors (Lipinski definition) is 1. The van der Waals surface area contributed by atoms with Crippen molar-refractivity contribution in [2.75, 3.05) is 0 Å². The molecule has 0 radical (unpaired) electrons. The van der Waals surface area contributed by atoms with E-state index >= 15 is 0 Å². The lowest BCUT2D eigenvalue weighted by Crippen LogP contribution is -2.15. The largest absolute Gasteiger partial charge is 0.365 e. The lowest BCUT2D eigenvalue weighted by atomic mass is 10.1. The molecule has 2 N–H and O–H groups in total. The Labute approximate surface area is 64.9 Å². The van der Waals surface area contributed by atoms with Crippen molar-refractivity contribution >= 4 is 5.91 Å². The van der Waals surface area contributed by atoms with E-state index in [1.54, 1.807) is 0 Å². The minimum Gasteiger partial charge on any atom is -0.365 e. The molecule has 0 unspecified atom stereocenters. The van der Waals surface area contributed by atoms with Crippen LogP contribution in [0.3, 0.4) is 0 Å². The van der Waals surface area contributed by atoms with Gasteiger partial charge < -0.3 is 5.73 Å². The first-order valence-electron chi connectivity index (χ1n) is 2.98. The molecular formula is C8H10FNO. The van der Waals surface area contributed by atoms with Gasteiger partial charge in [0.15, 0.2) is 0 Å². The summed E-state index contributed by atoms with van der Waals surface area (Å²) in [6.07, 6.45) is 0.925. The predicted octanol–water partition coefficient (Wildman–Crippen LogP) is 1.46. The zero-order chi connectivity index (χ0) is 9.02. The number of rotatable bonds is 3. The van der Waals surface area contributed by atoms with E-state index in [1.165, 1.54) is 6.92 Å². The molecule has 0 saturated heterocycles. The summed E-state index contributed by atoms with van der Waals surface area (Å²) in [4.78, 5) is 10.6. The third-order valence-corrected chi connectivity index (χ3v) is 1.09. The van der Waals surface area contributed by atoms with Crippen molar-refractivity contribution < 1.29 is 9.18 Å². The van der Waals surface area contributed by atoms with Gasteiger partial charge in [-0.25, -0.2) is 4.39 Å². The van der Waals surface area contributed by atoms with E-state index in [9.17, 15) is 9.18 Å². The second kappa shape index (κ2) is 3.71. The quantitative estimate of drug-likeness (QED) is 0.486. The maximum Gasteiger partial charge on any atom is 0.251 e. The Morgan fingerprint density at radius 3 is 2.18 bits per heavy atom. The van der Waals surface area contributed by atoms with Crippen molar-refractivity contribution in [3.8, 4) is 0 Å². The molecule has 0 aliphatic rings. The van der Waals surface area contributed by atoms with E-state index in [0.29, 0.717) is 5.57 Å². The molecule has 0 aromatic carbocycles. The van der Waals surface area contributed by atoms with E-state index in [0.717, 1.165) is 6.08 Å². The third-order valence-electron chi connectivity index (χ3n) is 1.09. The van der Waals surface area contributed by atoms with Crippen LogP contribution in [0, 0.1) is 0 Å². The summed E-state index contributed by atoms with van der Waals surface area (Å²) in [5.41, 5.74) is 4.98. The van der Waals surface area contributed by atoms with Gasteiger partial charge in [0, 0.05) is 0 Å². The predicted molar refractivity (Wildman–Crippen MR) is 42.3 cm³/mol. The fourth-order valence-electron chi connectivity index (χ4n) is 0.634. The Balaban J connectivity index is 5.04. The standard InChI is InChI=1S/C8H10FNO/c1-4-6(9)7(5(2)3)8(10)11/h4H,1-2H2,3H3,(H2,10,11)/b7-6-. The van der Waals surface area contributed by atoms with Gasteiger partial charge in [0.25, 0.3) is 5.91 Å². The van der Waals surface area contributed by atoms with Gasteiger partial charge in [-0.05, 0) is 18.6 Å². The normalized spacial score (nSPS) is 11.8. The molecule has 11 heavy (non-hydrogen) atoms. The molecule has 0 spiro atoms. The minimum atomic E-state index is -0.824. The molecule has 0 heterocycles. The van der Waals surface area contributed by atoms with Gasteiger partial charge in [0.2, 0.25) is 0 Å². The van der Waals surface area contributed by atoms with Crippen LogP contribution in [0.2, 0.25) is 0 Å². The molecule has 60 valence electrons. The first-order valence-corrected chi connectivity index (χ1v) is 2.98. The van der Waals surface area contributed by atoms with Gasteiger partial charge in [-0.3, -0.25) is 4.79 Å². The number of allylic oxidation sites excluding steroid dienone is 2. The summed E-state index contributed by atoms with van der Waals surface area (Å²) in [6.45, 7) is 8.07. The summed E-state index contributed by atoms with van der Waals surface area (Å²) in [6, 6.07) is 0. The maximum atomic E-state index is 12.7. The molecule has 0 saturated carbocycles. The molecule has 0 aromatic heterocycles. The number of nitrogens with two attached hydrogens (primary N) is 1. The van der Waals surface area contributed by atoms with Crippen molar-refractivity contribution in [2.45, 2.75) is 6.92 Å². The highest BCUT2D eigenvalue weighted by atomic mass is 19.1. The van der Waals surface area contributed by atoms with Crippen molar-refractivity contribution in [3.63, 3.8) is 0 Å². The van der Waals surface area contributed by atoms with Crippen LogP contribution in [-0.4, -0.2) is 5.91 Å². The second-order valence-electron chi connectivity index (χ2n) is 2.07. The van der Waals surface area contributed by atoms with Crippen molar-refractivity contribution in [3.05, 3.63) is 36.2 Å². The van der Waals surface area contributed by atoms with Crippen LogP contribution in [0.25, 0.3) is 0 Å². The Kier molecular flexibility index (Phi) is 3.24. The average molecular weight is 155 g/mol. The molecule has 0 bridgehead atoms. The number of amides is 1. The average Bonchev–Trinajstić information content (AvgIpc) is 1.85. The van der Waals surface area contributed by atoms with Crippen LogP contribution in [0.4, 0.5) is 4.39 Å². The Hall–Kier alpha value is -1.38. The molecule has 0 aromatic rings. The minimum absolute atomic E-state index is 0.194. The Bertz CT molecular complexity index is 224. The van der Waals surface area contributed by atoms with E-state index in [1.807, 2.05) is 0 Å². The third kappa shape index (κ3) is 2.37. The highest BCUT2D eigenvalue weighted by Gasteiger charge is 2.10. The van der Waals surface area contributed by atoms with E-state index in [-0.39, 0.29) is 5.57 Å². The van der Waals surface area contributed by atoms with Gasteiger partial charge in [-0.1, -0.05) is 13.2 Å². The Morgan fingerprint density at radius 1 is 1.64 bits per heavy atom. The summed E-state index contributed by atoms with van der Waals surface area (Å²) in [5, 5.41) is 0. The first kappa shape index (κ1) is 9.62. The van der Waals surface area contributed by atoms with Gasteiger partial charge in [-0.2, -0.15) is 0 Å². The summed E-state index contributed by atoms with van der Waals surface area (Å²) in [7, 11) is 0. The summed E-state index contributed by atoms with van der Waals surface area (Å²) >= 11 is 0. The lowest BCUT2D eigenvalue weighted by molar-refractivity contribution is -0.114. The highest BCUT2D eigenvalue weighted by molar-refractivity contribution is 5.97. The number of halogens is 1. The molecule has 1 amide bonds. The van der Waals surface area contributed by atoms with Gasteiger partial charge >= 0.3 is 0 Å². The lowest BCUT2D eigenvalue weighted by Gasteiger charge is -2.00. The van der Waals surface area contributed by atoms with Crippen LogP contribution >= 0.6 is 0 Å². The smallest absolute Gasteiger partial charge is 0.251 e.